The third-order valence-corrected chi connectivity index (χ3v) is 2.36. The minimum Gasteiger partial charge on any atom is -0.461 e. The van der Waals surface area contributed by atoms with Crippen molar-refractivity contribution in [1.82, 2.24) is 14.8 Å². The smallest absolute Gasteiger partial charge is 0.317 e. The van der Waals surface area contributed by atoms with Gasteiger partial charge in [-0.05, 0) is 33.2 Å². The van der Waals surface area contributed by atoms with Crippen LogP contribution in [-0.4, -0.2) is 27.4 Å². The van der Waals surface area contributed by atoms with E-state index in [0.717, 1.165) is 12.2 Å². The van der Waals surface area contributed by atoms with E-state index in [0.29, 0.717) is 18.6 Å². The lowest BCUT2D eigenvalue weighted by molar-refractivity contribution is 0.210. The summed E-state index contributed by atoms with van der Waals surface area (Å²) in [6, 6.07) is 1.19. The molecule has 0 aromatic carbocycles. The first-order valence-electron chi connectivity index (χ1n) is 5.53. The molecule has 1 aromatic heterocycles. The Balaban J connectivity index is 2.21. The summed E-state index contributed by atoms with van der Waals surface area (Å²) in [5, 5.41) is 8.20. The molecule has 1 aliphatic rings. The van der Waals surface area contributed by atoms with E-state index in [1.54, 1.807) is 0 Å². The highest BCUT2D eigenvalue weighted by molar-refractivity contribution is 5.07. The van der Waals surface area contributed by atoms with Crippen LogP contribution in [0.25, 0.3) is 0 Å². The molecule has 0 spiro atoms. The second-order valence-corrected chi connectivity index (χ2v) is 4.21. The van der Waals surface area contributed by atoms with Crippen LogP contribution in [0.3, 0.4) is 0 Å². The third kappa shape index (κ3) is 2.28. The van der Waals surface area contributed by atoms with Crippen LogP contribution in [0.15, 0.2) is 0 Å². The van der Waals surface area contributed by atoms with Crippen molar-refractivity contribution >= 4 is 0 Å². The molecule has 0 bridgehead atoms. The van der Waals surface area contributed by atoms with Gasteiger partial charge in [0.1, 0.15) is 5.82 Å². The minimum atomic E-state index is 0.137. The highest BCUT2D eigenvalue weighted by Crippen LogP contribution is 2.38. The van der Waals surface area contributed by atoms with Crippen molar-refractivity contribution in [3.8, 4) is 6.01 Å². The van der Waals surface area contributed by atoms with Crippen molar-refractivity contribution in [1.29, 1.82) is 0 Å². The van der Waals surface area contributed by atoms with Gasteiger partial charge < -0.3 is 10.5 Å². The quantitative estimate of drug-likeness (QED) is 0.784. The van der Waals surface area contributed by atoms with E-state index >= 15 is 0 Å². The molecule has 15 heavy (non-hydrogen) atoms. The van der Waals surface area contributed by atoms with Crippen LogP contribution < -0.4 is 10.5 Å². The van der Waals surface area contributed by atoms with Crippen LogP contribution in [0.5, 0.6) is 6.01 Å². The van der Waals surface area contributed by atoms with Crippen LogP contribution in [0.2, 0.25) is 0 Å². The molecule has 0 radical (unpaired) electrons. The third-order valence-electron chi connectivity index (χ3n) is 2.36. The van der Waals surface area contributed by atoms with Crippen molar-refractivity contribution in [3.05, 3.63) is 5.82 Å². The fourth-order valence-electron chi connectivity index (χ4n) is 1.60. The summed E-state index contributed by atoms with van der Waals surface area (Å²) in [4.78, 5) is 0. The summed E-state index contributed by atoms with van der Waals surface area (Å²) in [6.45, 7) is 4.59. The standard InChI is InChI=1S/C10H18N4O/c1-7(2)15-10-13-12-9(5-6-11)14(10)8-3-4-8/h7-8H,3-6,11H2,1-2H3. The van der Waals surface area contributed by atoms with E-state index in [1.807, 2.05) is 13.8 Å². The van der Waals surface area contributed by atoms with Crippen molar-refractivity contribution in [2.45, 2.75) is 45.3 Å². The Hall–Kier alpha value is -1.10. The Morgan fingerprint density at radius 3 is 2.73 bits per heavy atom. The lowest BCUT2D eigenvalue weighted by atomic mass is 10.4. The molecule has 0 unspecified atom stereocenters. The number of hydrogen-bond acceptors (Lipinski definition) is 4. The molecule has 5 heteroatoms. The topological polar surface area (TPSA) is 66.0 Å². The fourth-order valence-corrected chi connectivity index (χ4v) is 1.60. The maximum Gasteiger partial charge on any atom is 0.317 e. The van der Waals surface area contributed by atoms with Gasteiger partial charge in [-0.2, -0.15) is 0 Å². The normalized spacial score (nSPS) is 16.0. The van der Waals surface area contributed by atoms with Crippen LogP contribution in [0.4, 0.5) is 0 Å². The van der Waals surface area contributed by atoms with Gasteiger partial charge in [-0.15, -0.1) is 5.10 Å². The minimum absolute atomic E-state index is 0.137. The molecule has 5 nitrogen and oxygen atoms in total. The summed E-state index contributed by atoms with van der Waals surface area (Å²) >= 11 is 0. The molecule has 1 saturated carbocycles. The van der Waals surface area contributed by atoms with E-state index < -0.39 is 0 Å². The number of nitrogens with two attached hydrogens (primary N) is 1. The number of nitrogens with zero attached hydrogens (tertiary/aromatic N) is 3. The number of hydrogen-bond donors (Lipinski definition) is 1. The van der Waals surface area contributed by atoms with Gasteiger partial charge in [-0.25, -0.2) is 0 Å². The molecule has 84 valence electrons. The first-order valence-corrected chi connectivity index (χ1v) is 5.53. The van der Waals surface area contributed by atoms with Crippen molar-refractivity contribution in [2.75, 3.05) is 6.54 Å². The van der Waals surface area contributed by atoms with E-state index in [-0.39, 0.29) is 6.10 Å². The fraction of sp³-hybridized carbons (Fsp3) is 0.800. The van der Waals surface area contributed by atoms with E-state index in [9.17, 15) is 0 Å². The zero-order valence-corrected chi connectivity index (χ0v) is 9.31. The molecule has 0 aliphatic heterocycles. The zero-order valence-electron chi connectivity index (χ0n) is 9.31. The molecule has 1 fully saturated rings. The maximum atomic E-state index is 5.62. The zero-order chi connectivity index (χ0) is 10.8. The van der Waals surface area contributed by atoms with Crippen molar-refractivity contribution < 1.29 is 4.74 Å². The van der Waals surface area contributed by atoms with Gasteiger partial charge in [-0.1, -0.05) is 5.10 Å². The van der Waals surface area contributed by atoms with Gasteiger partial charge in [-0.3, -0.25) is 4.57 Å². The predicted molar refractivity (Wildman–Crippen MR) is 56.8 cm³/mol. The molecule has 2 N–H and O–H groups in total. The van der Waals surface area contributed by atoms with Crippen LogP contribution in [-0.2, 0) is 6.42 Å². The predicted octanol–water partition coefficient (Wildman–Crippen LogP) is 0.901. The summed E-state index contributed by atoms with van der Waals surface area (Å²) in [5.41, 5.74) is 5.54. The monoisotopic (exact) mass is 210 g/mol. The van der Waals surface area contributed by atoms with Gasteiger partial charge in [0.15, 0.2) is 0 Å². The SMILES string of the molecule is CC(C)Oc1nnc(CCN)n1C1CC1. The Kier molecular flexibility index (Phi) is 2.90. The molecular formula is C10H18N4O. The highest BCUT2D eigenvalue weighted by atomic mass is 16.5. The summed E-state index contributed by atoms with van der Waals surface area (Å²) in [6.07, 6.45) is 3.30. The van der Waals surface area contributed by atoms with Gasteiger partial charge >= 0.3 is 6.01 Å². The van der Waals surface area contributed by atoms with E-state index in [4.69, 9.17) is 10.5 Å². The highest BCUT2D eigenvalue weighted by Gasteiger charge is 2.30. The second kappa shape index (κ2) is 4.18. The van der Waals surface area contributed by atoms with Crippen LogP contribution in [0, 0.1) is 0 Å². The Morgan fingerprint density at radius 1 is 1.47 bits per heavy atom. The first kappa shape index (κ1) is 10.4. The van der Waals surface area contributed by atoms with Crippen LogP contribution in [0.1, 0.15) is 38.6 Å². The molecule has 1 aliphatic carbocycles. The van der Waals surface area contributed by atoms with Crippen molar-refractivity contribution in [3.63, 3.8) is 0 Å². The van der Waals surface area contributed by atoms with Gasteiger partial charge in [0, 0.05) is 12.5 Å². The summed E-state index contributed by atoms with van der Waals surface area (Å²) in [7, 11) is 0. The average molecular weight is 210 g/mol. The number of ether oxygens (including phenoxy) is 1. The molecule has 1 aromatic rings. The molecule has 0 atom stereocenters. The average Bonchev–Trinajstić information content (AvgIpc) is 2.92. The summed E-state index contributed by atoms with van der Waals surface area (Å²) in [5.74, 6) is 0.954. The van der Waals surface area contributed by atoms with Gasteiger partial charge in [0.05, 0.1) is 6.10 Å². The number of aromatic nitrogens is 3. The lowest BCUT2D eigenvalue weighted by Crippen LogP contribution is -2.13. The summed E-state index contributed by atoms with van der Waals surface area (Å²) < 4.78 is 7.73. The molecule has 0 saturated heterocycles. The van der Waals surface area contributed by atoms with Crippen molar-refractivity contribution in [2.24, 2.45) is 5.73 Å². The maximum absolute atomic E-state index is 5.62. The molecule has 0 amide bonds. The lowest BCUT2D eigenvalue weighted by Gasteiger charge is -2.11. The molecular weight excluding hydrogens is 192 g/mol. The largest absolute Gasteiger partial charge is 0.461 e. The van der Waals surface area contributed by atoms with Gasteiger partial charge in [0.2, 0.25) is 0 Å². The Bertz CT molecular complexity index is 330. The number of rotatable bonds is 5. The second-order valence-electron chi connectivity index (χ2n) is 4.21. The Labute approximate surface area is 89.6 Å². The van der Waals surface area contributed by atoms with Gasteiger partial charge in [0.25, 0.3) is 0 Å². The van der Waals surface area contributed by atoms with E-state index in [2.05, 4.69) is 14.8 Å². The van der Waals surface area contributed by atoms with Crippen LogP contribution >= 0.6 is 0 Å². The van der Waals surface area contributed by atoms with E-state index in [1.165, 1.54) is 12.8 Å². The first-order chi connectivity index (χ1) is 7.22. The Morgan fingerprint density at radius 2 is 2.20 bits per heavy atom. The molecule has 2 rings (SSSR count). The molecule has 1 heterocycles.